The maximum absolute atomic E-state index is 12.7. The predicted molar refractivity (Wildman–Crippen MR) is 102 cm³/mol. The van der Waals surface area contributed by atoms with E-state index in [9.17, 15) is 22.0 Å². The second kappa shape index (κ2) is 9.61. The van der Waals surface area contributed by atoms with E-state index in [4.69, 9.17) is 4.74 Å². The number of nitrogens with one attached hydrogen (secondary N) is 1. The SMILES string of the molecule is COCCN(CC(F)F)C(=O)c1ccc(S(=O)(=O)Nc2ccccc2C)cc1. The van der Waals surface area contributed by atoms with Crippen molar-refractivity contribution in [1.82, 2.24) is 4.90 Å². The van der Waals surface area contributed by atoms with Gasteiger partial charge >= 0.3 is 0 Å². The van der Waals surface area contributed by atoms with Crippen LogP contribution < -0.4 is 4.72 Å². The first-order chi connectivity index (χ1) is 13.2. The number of carbonyl (C=O) groups is 1. The summed E-state index contributed by atoms with van der Waals surface area (Å²) in [6.45, 7) is 1.17. The molecule has 28 heavy (non-hydrogen) atoms. The molecule has 0 aliphatic carbocycles. The quantitative estimate of drug-likeness (QED) is 0.687. The summed E-state index contributed by atoms with van der Waals surface area (Å²) >= 11 is 0. The van der Waals surface area contributed by atoms with Crippen molar-refractivity contribution in [3.63, 3.8) is 0 Å². The first kappa shape index (κ1) is 21.8. The highest BCUT2D eigenvalue weighted by Gasteiger charge is 2.21. The summed E-state index contributed by atoms with van der Waals surface area (Å²) in [5.74, 6) is -0.617. The molecule has 9 heteroatoms. The molecular weight excluding hydrogens is 390 g/mol. The van der Waals surface area contributed by atoms with E-state index in [-0.39, 0.29) is 23.6 Å². The Morgan fingerprint density at radius 2 is 1.79 bits per heavy atom. The number of carbonyl (C=O) groups excluding carboxylic acids is 1. The second-order valence-electron chi connectivity index (χ2n) is 6.08. The topological polar surface area (TPSA) is 75.7 Å². The van der Waals surface area contributed by atoms with Crippen molar-refractivity contribution in [3.05, 3.63) is 59.7 Å². The minimum atomic E-state index is -3.85. The van der Waals surface area contributed by atoms with Crippen molar-refractivity contribution in [1.29, 1.82) is 0 Å². The first-order valence-corrected chi connectivity index (χ1v) is 9.98. The Balaban J connectivity index is 2.19. The number of sulfonamides is 1. The Bertz CT molecular complexity index is 902. The molecule has 0 fully saturated rings. The molecule has 0 bridgehead atoms. The van der Waals surface area contributed by atoms with Crippen molar-refractivity contribution < 1.29 is 26.7 Å². The zero-order valence-electron chi connectivity index (χ0n) is 15.6. The van der Waals surface area contributed by atoms with Crippen LogP contribution in [0.2, 0.25) is 0 Å². The molecule has 0 radical (unpaired) electrons. The smallest absolute Gasteiger partial charge is 0.261 e. The van der Waals surface area contributed by atoms with E-state index in [0.717, 1.165) is 10.5 Å². The van der Waals surface area contributed by atoms with E-state index < -0.39 is 28.9 Å². The molecule has 0 atom stereocenters. The largest absolute Gasteiger partial charge is 0.383 e. The molecule has 0 aliphatic heterocycles. The molecule has 1 N–H and O–H groups in total. The van der Waals surface area contributed by atoms with Gasteiger partial charge in [-0.3, -0.25) is 9.52 Å². The molecule has 6 nitrogen and oxygen atoms in total. The van der Waals surface area contributed by atoms with E-state index >= 15 is 0 Å². The van der Waals surface area contributed by atoms with Gasteiger partial charge in [-0.1, -0.05) is 18.2 Å². The van der Waals surface area contributed by atoms with Gasteiger partial charge in [-0.25, -0.2) is 17.2 Å². The van der Waals surface area contributed by atoms with Crippen LogP contribution in [0, 0.1) is 6.92 Å². The van der Waals surface area contributed by atoms with Crippen molar-refractivity contribution in [2.45, 2.75) is 18.2 Å². The van der Waals surface area contributed by atoms with Crippen molar-refractivity contribution in [2.75, 3.05) is 31.5 Å². The standard InChI is InChI=1S/C19H22F2N2O4S/c1-14-5-3-4-6-17(14)22-28(25,26)16-9-7-15(8-10-16)19(24)23(11-12-27-2)13-18(20)21/h3-10,18,22H,11-13H2,1-2H3. The number of rotatable bonds is 9. The molecule has 0 aromatic heterocycles. The number of hydrogen-bond donors (Lipinski definition) is 1. The van der Waals surface area contributed by atoms with E-state index in [2.05, 4.69) is 4.72 Å². The highest BCUT2D eigenvalue weighted by Crippen LogP contribution is 2.20. The fourth-order valence-corrected chi connectivity index (χ4v) is 3.62. The van der Waals surface area contributed by atoms with Crippen molar-refractivity contribution >= 4 is 21.6 Å². The molecule has 0 unspecified atom stereocenters. The molecular formula is C19H22F2N2O4S. The van der Waals surface area contributed by atoms with Crippen LogP contribution in [0.15, 0.2) is 53.4 Å². The van der Waals surface area contributed by atoms with Gasteiger partial charge in [-0.15, -0.1) is 0 Å². The fraction of sp³-hybridized carbons (Fsp3) is 0.316. The van der Waals surface area contributed by atoms with Gasteiger partial charge in [-0.2, -0.15) is 0 Å². The summed E-state index contributed by atoms with van der Waals surface area (Å²) in [5.41, 5.74) is 1.33. The second-order valence-corrected chi connectivity index (χ2v) is 7.76. The number of halogens is 2. The lowest BCUT2D eigenvalue weighted by Crippen LogP contribution is -2.37. The minimum absolute atomic E-state index is 0.00850. The Morgan fingerprint density at radius 3 is 2.36 bits per heavy atom. The third-order valence-electron chi connectivity index (χ3n) is 4.01. The van der Waals surface area contributed by atoms with Crippen LogP contribution >= 0.6 is 0 Å². The number of benzene rings is 2. The number of alkyl halides is 2. The number of anilines is 1. The summed E-state index contributed by atoms with van der Waals surface area (Å²) in [6, 6.07) is 12.1. The van der Waals surface area contributed by atoms with E-state index in [1.165, 1.54) is 31.4 Å². The molecule has 0 saturated carbocycles. The zero-order valence-corrected chi connectivity index (χ0v) is 16.4. The summed E-state index contributed by atoms with van der Waals surface area (Å²) in [5, 5.41) is 0. The summed E-state index contributed by atoms with van der Waals surface area (Å²) in [4.78, 5) is 13.4. The lowest BCUT2D eigenvalue weighted by molar-refractivity contribution is 0.0478. The normalized spacial score (nSPS) is 11.5. The number of aryl methyl sites for hydroxylation is 1. The van der Waals surface area contributed by atoms with E-state index in [1.54, 1.807) is 31.2 Å². The van der Waals surface area contributed by atoms with Gasteiger partial charge in [0, 0.05) is 19.2 Å². The Kier molecular flexibility index (Phi) is 7.47. The van der Waals surface area contributed by atoms with Crippen LogP contribution in [0.3, 0.4) is 0 Å². The van der Waals surface area contributed by atoms with Gasteiger partial charge in [0.2, 0.25) is 0 Å². The molecule has 0 spiro atoms. The third kappa shape index (κ3) is 5.74. The number of hydrogen-bond acceptors (Lipinski definition) is 4. The molecule has 0 aliphatic rings. The average molecular weight is 412 g/mol. The van der Waals surface area contributed by atoms with Crippen LogP contribution in [-0.4, -0.2) is 52.5 Å². The maximum Gasteiger partial charge on any atom is 0.261 e. The number of amides is 1. The fourth-order valence-electron chi connectivity index (χ4n) is 2.49. The lowest BCUT2D eigenvalue weighted by atomic mass is 10.2. The minimum Gasteiger partial charge on any atom is -0.383 e. The molecule has 2 aromatic rings. The van der Waals surface area contributed by atoms with Crippen molar-refractivity contribution in [3.8, 4) is 0 Å². The first-order valence-electron chi connectivity index (χ1n) is 8.49. The van der Waals surface area contributed by atoms with Gasteiger partial charge < -0.3 is 9.64 Å². The molecule has 152 valence electrons. The number of nitrogens with zero attached hydrogens (tertiary/aromatic N) is 1. The highest BCUT2D eigenvalue weighted by molar-refractivity contribution is 7.92. The Labute approximate surface area is 163 Å². The number of methoxy groups -OCH3 is 1. The Morgan fingerprint density at radius 1 is 1.14 bits per heavy atom. The van der Waals surface area contributed by atoms with Crippen LogP contribution in [0.25, 0.3) is 0 Å². The van der Waals surface area contributed by atoms with Crippen LogP contribution in [-0.2, 0) is 14.8 Å². The van der Waals surface area contributed by atoms with Crippen LogP contribution in [0.4, 0.5) is 14.5 Å². The molecule has 1 amide bonds. The van der Waals surface area contributed by atoms with E-state index in [0.29, 0.717) is 5.69 Å². The number of para-hydroxylation sites is 1. The van der Waals surface area contributed by atoms with Gasteiger partial charge in [-0.05, 0) is 42.8 Å². The van der Waals surface area contributed by atoms with Crippen LogP contribution in [0.1, 0.15) is 15.9 Å². The van der Waals surface area contributed by atoms with Crippen molar-refractivity contribution in [2.24, 2.45) is 0 Å². The van der Waals surface area contributed by atoms with Gasteiger partial charge in [0.25, 0.3) is 22.4 Å². The molecule has 2 aromatic carbocycles. The Hall–Kier alpha value is -2.52. The van der Waals surface area contributed by atoms with Gasteiger partial charge in [0.1, 0.15) is 0 Å². The van der Waals surface area contributed by atoms with Gasteiger partial charge in [0.05, 0.1) is 23.7 Å². The molecule has 0 saturated heterocycles. The lowest BCUT2D eigenvalue weighted by Gasteiger charge is -2.22. The predicted octanol–water partition coefficient (Wildman–Crippen LogP) is 3.15. The van der Waals surface area contributed by atoms with Gasteiger partial charge in [0.15, 0.2) is 0 Å². The molecule has 2 rings (SSSR count). The molecule has 0 heterocycles. The maximum atomic E-state index is 12.7. The zero-order chi connectivity index (χ0) is 20.7. The van der Waals surface area contributed by atoms with Crippen LogP contribution in [0.5, 0.6) is 0 Å². The number of ether oxygens (including phenoxy) is 1. The monoisotopic (exact) mass is 412 g/mol. The summed E-state index contributed by atoms with van der Waals surface area (Å²) in [6.07, 6.45) is -2.68. The van der Waals surface area contributed by atoms with E-state index in [1.807, 2.05) is 0 Å². The summed E-state index contributed by atoms with van der Waals surface area (Å²) < 4.78 is 57.9. The highest BCUT2D eigenvalue weighted by atomic mass is 32.2. The summed E-state index contributed by atoms with van der Waals surface area (Å²) in [7, 11) is -2.44. The third-order valence-corrected chi connectivity index (χ3v) is 5.39. The average Bonchev–Trinajstić information content (AvgIpc) is 2.66.